The third kappa shape index (κ3) is 3.80. The number of aromatic amines is 1. The summed E-state index contributed by atoms with van der Waals surface area (Å²) < 4.78 is 0. The highest BCUT2D eigenvalue weighted by Gasteiger charge is 2.52. The average molecular weight is 468 g/mol. The van der Waals surface area contributed by atoms with E-state index in [0.29, 0.717) is 5.15 Å². The topological polar surface area (TPSA) is 28.7 Å². The fourth-order valence-corrected chi connectivity index (χ4v) is 10.0. The minimum Gasteiger partial charge on any atom is -0.266 e. The summed E-state index contributed by atoms with van der Waals surface area (Å²) in [5, 5.41) is 12.3. The number of H-pyrrole nitrogens is 1. The summed E-state index contributed by atoms with van der Waals surface area (Å²) in [6.45, 7) is 2.31. The molecule has 0 amide bonds. The molecule has 1 N–H and O–H groups in total. The van der Waals surface area contributed by atoms with Gasteiger partial charge in [-0.15, -0.1) is 0 Å². The summed E-state index contributed by atoms with van der Waals surface area (Å²) in [5.74, 6) is 0. The molecule has 0 bridgehead atoms. The molecule has 0 radical (unpaired) electrons. The second-order valence-electron chi connectivity index (χ2n) is 8.07. The van der Waals surface area contributed by atoms with Gasteiger partial charge in [-0.2, -0.15) is 5.10 Å². The second-order valence-corrected chi connectivity index (χ2v) is 12.2. The van der Waals surface area contributed by atoms with E-state index >= 15 is 0 Å². The van der Waals surface area contributed by atoms with Crippen molar-refractivity contribution in [2.45, 2.75) is 12.6 Å². The Kier molecular flexibility index (Phi) is 6.13. The van der Waals surface area contributed by atoms with Crippen LogP contribution in [0.1, 0.15) is 18.1 Å². The van der Waals surface area contributed by atoms with Crippen LogP contribution in [-0.4, -0.2) is 10.2 Å². The van der Waals surface area contributed by atoms with Crippen molar-refractivity contribution < 1.29 is 0 Å². The third-order valence-corrected chi connectivity index (χ3v) is 11.3. The Labute approximate surface area is 200 Å². The van der Waals surface area contributed by atoms with Gasteiger partial charge in [-0.3, -0.25) is 5.10 Å². The van der Waals surface area contributed by atoms with E-state index in [1.54, 1.807) is 0 Å². The van der Waals surface area contributed by atoms with Gasteiger partial charge in [0, 0.05) is 5.56 Å². The molecule has 1 unspecified atom stereocenters. The number of halogens is 1. The minimum atomic E-state index is -2.15. The number of rotatable bonds is 6. The first-order valence-corrected chi connectivity index (χ1v) is 13.3. The van der Waals surface area contributed by atoms with Crippen molar-refractivity contribution in [2.75, 3.05) is 0 Å². The van der Waals surface area contributed by atoms with E-state index in [1.807, 2.05) is 18.2 Å². The molecule has 1 heterocycles. The van der Waals surface area contributed by atoms with E-state index in [0.717, 1.165) is 16.8 Å². The lowest BCUT2D eigenvalue weighted by molar-refractivity contribution is 1.08. The molecule has 5 rings (SSSR count). The molecule has 0 aliphatic carbocycles. The molecule has 5 aromatic rings. The molecule has 4 aromatic carbocycles. The van der Waals surface area contributed by atoms with Gasteiger partial charge in [0.1, 0.15) is 39.7 Å². The van der Waals surface area contributed by atoms with Gasteiger partial charge < -0.3 is 0 Å². The van der Waals surface area contributed by atoms with Crippen LogP contribution in [-0.2, 0) is 0 Å². The average Bonchev–Trinajstić information content (AvgIpc) is 3.28. The van der Waals surface area contributed by atoms with Gasteiger partial charge in [0.25, 0.3) is 0 Å². The lowest BCUT2D eigenvalue weighted by atomic mass is 10.1. The van der Waals surface area contributed by atoms with Crippen molar-refractivity contribution in [3.8, 4) is 11.3 Å². The van der Waals surface area contributed by atoms with Gasteiger partial charge in [-0.25, -0.2) is 0 Å². The molecule has 33 heavy (non-hydrogen) atoms. The van der Waals surface area contributed by atoms with Gasteiger partial charge in [-0.05, 0) is 43.3 Å². The summed E-state index contributed by atoms with van der Waals surface area (Å²) in [4.78, 5) is 0. The van der Waals surface area contributed by atoms with Gasteiger partial charge in [0.15, 0.2) is 0 Å². The van der Waals surface area contributed by atoms with Crippen LogP contribution in [0.25, 0.3) is 11.3 Å². The second kappa shape index (κ2) is 9.35. The Morgan fingerprint density at radius 1 is 0.636 bits per heavy atom. The van der Waals surface area contributed by atoms with Crippen molar-refractivity contribution in [3.05, 3.63) is 132 Å². The normalized spacial score (nSPS) is 12.4. The predicted octanol–water partition coefficient (Wildman–Crippen LogP) is 6.79. The highest BCUT2D eigenvalue weighted by Crippen LogP contribution is 2.67. The van der Waals surface area contributed by atoms with E-state index in [-0.39, 0.29) is 5.66 Å². The summed E-state index contributed by atoms with van der Waals surface area (Å²) in [6.07, 6.45) is 0. The zero-order valence-electron chi connectivity index (χ0n) is 18.4. The number of nitrogens with one attached hydrogen (secondary N) is 1. The van der Waals surface area contributed by atoms with Crippen molar-refractivity contribution in [2.24, 2.45) is 0 Å². The highest BCUT2D eigenvalue weighted by molar-refractivity contribution is 7.96. The highest BCUT2D eigenvalue weighted by atomic mass is 35.5. The Morgan fingerprint density at radius 3 is 1.45 bits per heavy atom. The smallest absolute Gasteiger partial charge is 0.132 e. The quantitative estimate of drug-likeness (QED) is 0.274. The van der Waals surface area contributed by atoms with Gasteiger partial charge >= 0.3 is 0 Å². The lowest BCUT2D eigenvalue weighted by Gasteiger charge is -2.33. The van der Waals surface area contributed by atoms with Crippen LogP contribution in [0.2, 0.25) is 5.15 Å². The molecule has 0 spiro atoms. The molecule has 2 nitrogen and oxygen atoms in total. The van der Waals surface area contributed by atoms with E-state index in [4.69, 9.17) is 11.6 Å². The zero-order valence-corrected chi connectivity index (χ0v) is 20.0. The third-order valence-electron chi connectivity index (χ3n) is 6.29. The Bertz CT molecular complexity index is 1220. The monoisotopic (exact) mass is 467 g/mol. The summed E-state index contributed by atoms with van der Waals surface area (Å²) in [5.41, 5.74) is 3.13. The largest absolute Gasteiger partial charge is 0.266 e. The molecule has 0 saturated carbocycles. The lowest BCUT2D eigenvalue weighted by Crippen LogP contribution is -2.34. The Balaban J connectivity index is 1.84. The van der Waals surface area contributed by atoms with Gasteiger partial charge in [-0.1, -0.05) is 96.5 Å². The predicted molar refractivity (Wildman–Crippen MR) is 143 cm³/mol. The van der Waals surface area contributed by atoms with Crippen molar-refractivity contribution >= 4 is 34.8 Å². The van der Waals surface area contributed by atoms with Gasteiger partial charge in [0.05, 0.1) is 5.56 Å². The van der Waals surface area contributed by atoms with E-state index in [2.05, 4.69) is 120 Å². The molecule has 0 aliphatic rings. The first kappa shape index (κ1) is 21.6. The fourth-order valence-electron chi connectivity index (χ4n) is 4.83. The molecule has 0 saturated heterocycles. The van der Waals surface area contributed by atoms with Crippen LogP contribution in [0.4, 0.5) is 0 Å². The SMILES string of the molecule is CC(c1c(-c2ccccc2)n[nH]c1Cl)[P+](c1ccccc1)(c1ccccc1)c1ccccc1. The van der Waals surface area contributed by atoms with Crippen LogP contribution in [0.3, 0.4) is 0 Å². The molecule has 0 fully saturated rings. The first-order chi connectivity index (χ1) is 16.2. The van der Waals surface area contributed by atoms with Crippen molar-refractivity contribution in [1.29, 1.82) is 0 Å². The molecule has 1 atom stereocenters. The Hall–Kier alpha value is -3.19. The number of hydrogen-bond acceptors (Lipinski definition) is 1. The number of benzene rings is 4. The molecule has 4 heteroatoms. The minimum absolute atomic E-state index is 0.0890. The van der Waals surface area contributed by atoms with E-state index < -0.39 is 7.26 Å². The van der Waals surface area contributed by atoms with E-state index in [9.17, 15) is 0 Å². The maximum absolute atomic E-state index is 6.86. The molecule has 0 aliphatic heterocycles. The standard InChI is InChI=1S/C29H25ClN2P/c1-22(27-28(31-32-29(27)30)23-14-6-2-7-15-23)33(24-16-8-3-9-17-24,25-18-10-4-11-19-25)26-20-12-5-13-21-26/h2-22H,1H3,(H,31,32)/q+1. The maximum Gasteiger partial charge on any atom is 0.132 e. The Morgan fingerprint density at radius 2 is 1.03 bits per heavy atom. The first-order valence-electron chi connectivity index (χ1n) is 11.1. The summed E-state index contributed by atoms with van der Waals surface area (Å²) >= 11 is 6.86. The zero-order chi connectivity index (χ0) is 22.7. The summed E-state index contributed by atoms with van der Waals surface area (Å²) in [7, 11) is -2.15. The van der Waals surface area contributed by atoms with Crippen LogP contribution in [0.5, 0.6) is 0 Å². The van der Waals surface area contributed by atoms with E-state index in [1.165, 1.54) is 15.9 Å². The van der Waals surface area contributed by atoms with Crippen molar-refractivity contribution in [3.63, 3.8) is 0 Å². The molecular weight excluding hydrogens is 443 g/mol. The summed E-state index contributed by atoms with van der Waals surface area (Å²) in [6, 6.07) is 42.9. The molecule has 1 aromatic heterocycles. The van der Waals surface area contributed by atoms with Crippen LogP contribution in [0.15, 0.2) is 121 Å². The van der Waals surface area contributed by atoms with Crippen molar-refractivity contribution in [1.82, 2.24) is 10.2 Å². The molecular formula is C29H25ClN2P+. The number of aromatic nitrogens is 2. The number of hydrogen-bond donors (Lipinski definition) is 1. The van der Waals surface area contributed by atoms with Crippen LogP contribution >= 0.6 is 18.9 Å². The van der Waals surface area contributed by atoms with Crippen LogP contribution < -0.4 is 15.9 Å². The number of nitrogens with zero attached hydrogens (tertiary/aromatic N) is 1. The van der Waals surface area contributed by atoms with Gasteiger partial charge in [0.2, 0.25) is 0 Å². The maximum atomic E-state index is 6.86. The van der Waals surface area contributed by atoms with Crippen LogP contribution in [0, 0.1) is 0 Å². The fraction of sp³-hybridized carbons (Fsp3) is 0.0690. The molecule has 162 valence electrons.